The fraction of sp³-hybridized carbons (Fsp3) is 0.647. The van der Waals surface area contributed by atoms with Crippen molar-refractivity contribution in [2.24, 2.45) is 23.0 Å². The highest BCUT2D eigenvalue weighted by molar-refractivity contribution is 9.10. The van der Waals surface area contributed by atoms with Crippen LogP contribution in [0.1, 0.15) is 58.1 Å². The van der Waals surface area contributed by atoms with Gasteiger partial charge in [0.25, 0.3) is 0 Å². The third-order valence-electron chi connectivity index (χ3n) is 4.93. The summed E-state index contributed by atoms with van der Waals surface area (Å²) in [5, 5.41) is 0.131. The van der Waals surface area contributed by atoms with Crippen LogP contribution in [-0.4, -0.2) is 0 Å². The Bertz CT molecular complexity index is 504. The molecule has 0 amide bonds. The van der Waals surface area contributed by atoms with Gasteiger partial charge in [0.15, 0.2) is 0 Å². The number of hydrogen-bond acceptors (Lipinski definition) is 1. The van der Waals surface area contributed by atoms with Crippen molar-refractivity contribution in [3.8, 4) is 0 Å². The third-order valence-corrected chi connectivity index (χ3v) is 6.19. The molecule has 0 heterocycles. The first-order valence-corrected chi connectivity index (χ1v) is 8.78. The summed E-state index contributed by atoms with van der Waals surface area (Å²) in [6.45, 7) is 6.89. The quantitative estimate of drug-likeness (QED) is 0.621. The maximum absolute atomic E-state index is 14.3. The van der Waals surface area contributed by atoms with Gasteiger partial charge >= 0.3 is 0 Å². The monoisotopic (exact) mass is 375 g/mol. The first-order valence-electron chi connectivity index (χ1n) is 7.60. The first-order chi connectivity index (χ1) is 9.71. The van der Waals surface area contributed by atoms with Crippen LogP contribution in [0.15, 0.2) is 16.6 Å². The van der Waals surface area contributed by atoms with E-state index in [4.69, 9.17) is 17.3 Å². The van der Waals surface area contributed by atoms with Gasteiger partial charge in [-0.3, -0.25) is 0 Å². The van der Waals surface area contributed by atoms with E-state index in [0.29, 0.717) is 21.4 Å². The molecule has 0 saturated heterocycles. The molecule has 1 saturated carbocycles. The molecule has 1 nitrogen and oxygen atoms in total. The van der Waals surface area contributed by atoms with Gasteiger partial charge in [-0.25, -0.2) is 4.39 Å². The Balaban J connectivity index is 2.09. The van der Waals surface area contributed by atoms with Gasteiger partial charge in [-0.15, -0.1) is 0 Å². The largest absolute Gasteiger partial charge is 0.324 e. The van der Waals surface area contributed by atoms with Crippen molar-refractivity contribution in [2.75, 3.05) is 0 Å². The molecule has 2 rings (SSSR count). The van der Waals surface area contributed by atoms with Gasteiger partial charge in [-0.1, -0.05) is 38.4 Å². The average molecular weight is 377 g/mol. The summed E-state index contributed by atoms with van der Waals surface area (Å²) in [6, 6.07) is 3.27. The molecule has 0 spiro atoms. The number of hydrogen-bond donors (Lipinski definition) is 1. The minimum atomic E-state index is -0.378. The molecular formula is C17H24BrClFN. The summed E-state index contributed by atoms with van der Waals surface area (Å²) >= 11 is 9.21. The molecule has 1 aliphatic carbocycles. The van der Waals surface area contributed by atoms with Crippen molar-refractivity contribution in [3.05, 3.63) is 33.0 Å². The molecule has 4 heteroatoms. The molecule has 21 heavy (non-hydrogen) atoms. The van der Waals surface area contributed by atoms with E-state index in [9.17, 15) is 4.39 Å². The van der Waals surface area contributed by atoms with Gasteiger partial charge in [0.05, 0.1) is 5.02 Å². The minimum absolute atomic E-state index is 0.131. The van der Waals surface area contributed by atoms with Crippen molar-refractivity contribution in [1.82, 2.24) is 0 Å². The van der Waals surface area contributed by atoms with Gasteiger partial charge < -0.3 is 5.73 Å². The first kappa shape index (κ1) is 17.2. The molecule has 118 valence electrons. The number of rotatable bonds is 2. The predicted octanol–water partition coefficient (Wildman–Crippen LogP) is 6.09. The van der Waals surface area contributed by atoms with Gasteiger partial charge in [-0.05, 0) is 64.9 Å². The molecule has 0 bridgehead atoms. The lowest BCUT2D eigenvalue weighted by molar-refractivity contribution is 0.139. The van der Waals surface area contributed by atoms with Crippen molar-refractivity contribution in [3.63, 3.8) is 0 Å². The van der Waals surface area contributed by atoms with Crippen molar-refractivity contribution in [2.45, 2.75) is 52.5 Å². The van der Waals surface area contributed by atoms with Gasteiger partial charge in [-0.2, -0.15) is 0 Å². The van der Waals surface area contributed by atoms with E-state index >= 15 is 0 Å². The lowest BCUT2D eigenvalue weighted by atomic mass is 9.68. The maximum Gasteiger partial charge on any atom is 0.147 e. The van der Waals surface area contributed by atoms with E-state index in [1.807, 2.05) is 0 Å². The van der Waals surface area contributed by atoms with Crippen LogP contribution >= 0.6 is 27.5 Å². The predicted molar refractivity (Wildman–Crippen MR) is 90.9 cm³/mol. The van der Waals surface area contributed by atoms with Crippen molar-refractivity contribution < 1.29 is 4.39 Å². The highest BCUT2D eigenvalue weighted by Gasteiger charge is 2.33. The average Bonchev–Trinajstić information content (AvgIpc) is 2.43. The van der Waals surface area contributed by atoms with Crippen LogP contribution in [0.2, 0.25) is 5.02 Å². The second-order valence-electron chi connectivity index (χ2n) is 7.27. The van der Waals surface area contributed by atoms with Crippen LogP contribution in [0.4, 0.5) is 4.39 Å². The normalized spacial score (nSPS) is 24.9. The summed E-state index contributed by atoms with van der Waals surface area (Å²) in [7, 11) is 0. The smallest absolute Gasteiger partial charge is 0.147 e. The lowest BCUT2D eigenvalue weighted by Crippen LogP contribution is -2.31. The Morgan fingerprint density at radius 2 is 1.81 bits per heavy atom. The van der Waals surface area contributed by atoms with Gasteiger partial charge in [0.2, 0.25) is 0 Å². The minimum Gasteiger partial charge on any atom is -0.324 e. The highest BCUT2D eigenvalue weighted by atomic mass is 79.9. The van der Waals surface area contributed by atoms with E-state index < -0.39 is 0 Å². The number of nitrogens with two attached hydrogens (primary N) is 1. The summed E-state index contributed by atoms with van der Waals surface area (Å²) < 4.78 is 14.9. The zero-order chi connectivity index (χ0) is 15.8. The van der Waals surface area contributed by atoms with E-state index in [1.165, 1.54) is 12.8 Å². The molecule has 0 radical (unpaired) electrons. The zero-order valence-electron chi connectivity index (χ0n) is 12.9. The van der Waals surface area contributed by atoms with Crippen LogP contribution in [-0.2, 0) is 0 Å². The molecule has 0 aromatic heterocycles. The number of benzene rings is 1. The summed E-state index contributed by atoms with van der Waals surface area (Å²) in [5.41, 5.74) is 7.22. The van der Waals surface area contributed by atoms with Crippen LogP contribution in [0, 0.1) is 23.1 Å². The van der Waals surface area contributed by atoms with Crippen LogP contribution in [0.5, 0.6) is 0 Å². The maximum atomic E-state index is 14.3. The van der Waals surface area contributed by atoms with Gasteiger partial charge in [0.1, 0.15) is 5.82 Å². The van der Waals surface area contributed by atoms with Gasteiger partial charge in [0, 0.05) is 16.1 Å². The van der Waals surface area contributed by atoms with Crippen molar-refractivity contribution in [1.29, 1.82) is 0 Å². The Morgan fingerprint density at radius 3 is 2.33 bits per heavy atom. The Morgan fingerprint density at radius 1 is 1.24 bits per heavy atom. The standard InChI is InChI=1S/C17H24BrClFN/c1-17(2,3)11-6-4-10(5-7-11)16(21)12-8-9-13(18)14(19)15(12)20/h8-11,16H,4-7,21H2,1-3H3. The highest BCUT2D eigenvalue weighted by Crippen LogP contribution is 2.43. The van der Waals surface area contributed by atoms with Crippen LogP contribution in [0.25, 0.3) is 0 Å². The number of halogens is 3. The summed E-state index contributed by atoms with van der Waals surface area (Å²) in [5.74, 6) is 0.700. The fourth-order valence-corrected chi connectivity index (χ4v) is 3.87. The van der Waals surface area contributed by atoms with E-state index in [1.54, 1.807) is 12.1 Å². The second kappa shape index (κ2) is 6.55. The molecule has 1 aromatic carbocycles. The molecule has 0 aliphatic heterocycles. The SMILES string of the molecule is CC(C)(C)C1CCC(C(N)c2ccc(Br)c(Cl)c2F)CC1. The molecule has 1 atom stereocenters. The Hall–Kier alpha value is -0.120. The summed E-state index contributed by atoms with van der Waals surface area (Å²) in [6.07, 6.45) is 4.48. The third kappa shape index (κ3) is 3.80. The summed E-state index contributed by atoms with van der Waals surface area (Å²) in [4.78, 5) is 0. The fourth-order valence-electron chi connectivity index (χ4n) is 3.40. The van der Waals surface area contributed by atoms with Crippen LogP contribution in [0.3, 0.4) is 0 Å². The van der Waals surface area contributed by atoms with Crippen LogP contribution < -0.4 is 5.73 Å². The van der Waals surface area contributed by atoms with E-state index in [2.05, 4.69) is 36.7 Å². The molecule has 1 fully saturated rings. The molecule has 1 aromatic rings. The second-order valence-corrected chi connectivity index (χ2v) is 8.50. The Labute approximate surface area is 140 Å². The molecule has 2 N–H and O–H groups in total. The molecule has 1 aliphatic rings. The van der Waals surface area contributed by atoms with Crippen molar-refractivity contribution >= 4 is 27.5 Å². The van der Waals surface area contributed by atoms with E-state index in [0.717, 1.165) is 18.8 Å². The zero-order valence-corrected chi connectivity index (χ0v) is 15.3. The molecule has 1 unspecified atom stereocenters. The Kier molecular flexibility index (Phi) is 5.38. The van der Waals surface area contributed by atoms with E-state index in [-0.39, 0.29) is 16.9 Å². The lowest BCUT2D eigenvalue weighted by Gasteiger charge is -2.38. The topological polar surface area (TPSA) is 26.0 Å². The molecular weight excluding hydrogens is 353 g/mol.